The molecule has 17 heavy (non-hydrogen) atoms. The lowest BCUT2D eigenvalue weighted by atomic mass is 10.5. The van der Waals surface area contributed by atoms with E-state index >= 15 is 0 Å². The van der Waals surface area contributed by atoms with Crippen LogP contribution in [0.25, 0.3) is 11.2 Å². The highest BCUT2D eigenvalue weighted by Gasteiger charge is 2.16. The molecule has 0 radical (unpaired) electrons. The first kappa shape index (κ1) is 11.7. The third-order valence-electron chi connectivity index (χ3n) is 2.55. The molecule has 6 nitrogen and oxygen atoms in total. The smallest absolute Gasteiger partial charge is 0.316 e. The molecule has 0 N–H and O–H groups in total. The number of hydrogen-bond acceptors (Lipinski definition) is 3. The quantitative estimate of drug-likeness (QED) is 0.542. The molecule has 2 aromatic heterocycles. The minimum absolute atomic E-state index is 0.0513. The summed E-state index contributed by atoms with van der Waals surface area (Å²) in [6.07, 6.45) is 5.15. The number of nitrogens with zero attached hydrogens (tertiary/aromatic N) is 4. The van der Waals surface area contributed by atoms with Gasteiger partial charge in [-0.05, 0) is 15.9 Å². The molecule has 0 aliphatic carbocycles. The van der Waals surface area contributed by atoms with Gasteiger partial charge in [-0.2, -0.15) is 0 Å². The standard InChI is InChI=1S/C10H9BrN4O2/c1-4-5-15-8(16)6-7(14(3)10(15)17)12-9(11)13(6)2/h1H,5H2,2-3H3. The van der Waals surface area contributed by atoms with Gasteiger partial charge in [0.2, 0.25) is 0 Å². The summed E-state index contributed by atoms with van der Waals surface area (Å²) >= 11 is 3.21. The minimum Gasteiger partial charge on any atom is -0.316 e. The summed E-state index contributed by atoms with van der Waals surface area (Å²) in [5, 5.41) is 0. The van der Waals surface area contributed by atoms with Crippen LogP contribution < -0.4 is 11.2 Å². The minimum atomic E-state index is -0.467. The molecule has 0 bridgehead atoms. The molecule has 2 aromatic rings. The molecule has 0 saturated carbocycles. The first-order valence-electron chi connectivity index (χ1n) is 4.74. The second-order valence-electron chi connectivity index (χ2n) is 3.55. The van der Waals surface area contributed by atoms with E-state index in [4.69, 9.17) is 6.42 Å². The van der Waals surface area contributed by atoms with Crippen molar-refractivity contribution in [1.29, 1.82) is 0 Å². The van der Waals surface area contributed by atoms with Crippen LogP contribution in [0, 0.1) is 12.3 Å². The van der Waals surface area contributed by atoms with Crippen LogP contribution in [-0.4, -0.2) is 18.7 Å². The van der Waals surface area contributed by atoms with Crippen molar-refractivity contribution in [2.45, 2.75) is 6.54 Å². The van der Waals surface area contributed by atoms with E-state index in [-0.39, 0.29) is 6.54 Å². The summed E-state index contributed by atoms with van der Waals surface area (Å²) in [7, 11) is 3.24. The van der Waals surface area contributed by atoms with Gasteiger partial charge in [0.1, 0.15) is 0 Å². The van der Waals surface area contributed by atoms with Crippen molar-refractivity contribution in [3.05, 3.63) is 25.6 Å². The van der Waals surface area contributed by atoms with E-state index in [9.17, 15) is 9.59 Å². The maximum atomic E-state index is 12.1. The van der Waals surface area contributed by atoms with Crippen LogP contribution in [0.1, 0.15) is 0 Å². The highest BCUT2D eigenvalue weighted by atomic mass is 79.9. The zero-order valence-corrected chi connectivity index (χ0v) is 10.9. The first-order chi connectivity index (χ1) is 7.99. The summed E-state index contributed by atoms with van der Waals surface area (Å²) in [5.74, 6) is 2.29. The Hall–Kier alpha value is -1.81. The van der Waals surface area contributed by atoms with Crippen LogP contribution >= 0.6 is 15.9 Å². The van der Waals surface area contributed by atoms with E-state index in [1.165, 1.54) is 4.57 Å². The Morgan fingerprint density at radius 3 is 2.59 bits per heavy atom. The summed E-state index contributed by atoms with van der Waals surface area (Å²) < 4.78 is 4.37. The monoisotopic (exact) mass is 296 g/mol. The molecule has 2 heterocycles. The second-order valence-corrected chi connectivity index (χ2v) is 4.26. The van der Waals surface area contributed by atoms with Gasteiger partial charge in [0, 0.05) is 14.1 Å². The lowest BCUT2D eigenvalue weighted by Crippen LogP contribution is -2.39. The van der Waals surface area contributed by atoms with Gasteiger partial charge in [-0.1, -0.05) is 5.92 Å². The Balaban J connectivity index is 3.08. The molecule has 0 saturated heterocycles. The Labute approximate surface area is 105 Å². The van der Waals surface area contributed by atoms with Crippen molar-refractivity contribution < 1.29 is 0 Å². The normalized spacial score (nSPS) is 10.7. The van der Waals surface area contributed by atoms with Crippen molar-refractivity contribution >= 4 is 27.1 Å². The fourth-order valence-electron chi connectivity index (χ4n) is 1.65. The number of imidazole rings is 1. The van der Waals surface area contributed by atoms with Gasteiger partial charge >= 0.3 is 5.69 Å². The average Bonchev–Trinajstić information content (AvgIpc) is 2.59. The lowest BCUT2D eigenvalue weighted by molar-refractivity contribution is 0.674. The van der Waals surface area contributed by atoms with E-state index in [0.717, 1.165) is 4.57 Å². The fraction of sp³-hybridized carbons (Fsp3) is 0.300. The molecule has 0 aromatic carbocycles. The highest BCUT2D eigenvalue weighted by Crippen LogP contribution is 2.13. The van der Waals surface area contributed by atoms with E-state index in [0.29, 0.717) is 15.9 Å². The van der Waals surface area contributed by atoms with E-state index in [1.54, 1.807) is 18.7 Å². The number of aromatic nitrogens is 4. The molecule has 0 unspecified atom stereocenters. The number of terminal acetylenes is 1. The number of hydrogen-bond donors (Lipinski definition) is 0. The highest BCUT2D eigenvalue weighted by molar-refractivity contribution is 9.10. The third-order valence-corrected chi connectivity index (χ3v) is 3.26. The third kappa shape index (κ3) is 1.52. The van der Waals surface area contributed by atoms with Gasteiger partial charge < -0.3 is 4.57 Å². The van der Waals surface area contributed by atoms with Crippen LogP contribution in [0.2, 0.25) is 0 Å². The molecule has 88 valence electrons. The molecular formula is C10H9BrN4O2. The van der Waals surface area contributed by atoms with Crippen molar-refractivity contribution in [3.8, 4) is 12.3 Å². The maximum absolute atomic E-state index is 12.1. The van der Waals surface area contributed by atoms with Crippen LogP contribution in [-0.2, 0) is 20.6 Å². The van der Waals surface area contributed by atoms with Crippen molar-refractivity contribution in [2.75, 3.05) is 0 Å². The molecule has 0 aliphatic heterocycles. The van der Waals surface area contributed by atoms with Crippen LogP contribution in [0.15, 0.2) is 14.3 Å². The van der Waals surface area contributed by atoms with Crippen molar-refractivity contribution in [3.63, 3.8) is 0 Å². The number of aryl methyl sites for hydroxylation is 2. The van der Waals surface area contributed by atoms with Gasteiger partial charge in [0.25, 0.3) is 5.56 Å². The van der Waals surface area contributed by atoms with Gasteiger partial charge in [-0.15, -0.1) is 6.42 Å². The Kier molecular flexibility index (Phi) is 2.67. The summed E-state index contributed by atoms with van der Waals surface area (Å²) in [6, 6.07) is 0. The van der Waals surface area contributed by atoms with Gasteiger partial charge in [0.15, 0.2) is 15.9 Å². The molecule has 0 amide bonds. The molecule has 7 heteroatoms. The largest absolute Gasteiger partial charge is 0.333 e. The van der Waals surface area contributed by atoms with Gasteiger partial charge in [-0.3, -0.25) is 9.36 Å². The summed E-state index contributed by atoms with van der Waals surface area (Å²) in [4.78, 5) is 28.1. The number of rotatable bonds is 1. The second kappa shape index (κ2) is 3.89. The number of halogens is 1. The van der Waals surface area contributed by atoms with E-state index < -0.39 is 11.2 Å². The van der Waals surface area contributed by atoms with Crippen molar-refractivity contribution in [1.82, 2.24) is 18.7 Å². The average molecular weight is 297 g/mol. The zero-order valence-electron chi connectivity index (χ0n) is 9.27. The number of fused-ring (bicyclic) bond motifs is 1. The van der Waals surface area contributed by atoms with Crippen LogP contribution in [0.5, 0.6) is 0 Å². The summed E-state index contributed by atoms with van der Waals surface area (Å²) in [6.45, 7) is -0.0513. The molecule has 0 fully saturated rings. The van der Waals surface area contributed by atoms with Crippen molar-refractivity contribution in [2.24, 2.45) is 14.1 Å². The molecule has 0 aliphatic rings. The molecule has 0 spiro atoms. The van der Waals surface area contributed by atoms with Gasteiger partial charge in [-0.25, -0.2) is 14.3 Å². The fourth-order valence-corrected chi connectivity index (χ4v) is 1.99. The molecule has 0 atom stereocenters. The zero-order chi connectivity index (χ0) is 12.7. The van der Waals surface area contributed by atoms with E-state index in [2.05, 4.69) is 26.8 Å². The Morgan fingerprint density at radius 2 is 2.00 bits per heavy atom. The molecule has 2 rings (SSSR count). The Bertz CT molecular complexity index is 760. The van der Waals surface area contributed by atoms with Crippen LogP contribution in [0.3, 0.4) is 0 Å². The molecular weight excluding hydrogens is 288 g/mol. The first-order valence-corrected chi connectivity index (χ1v) is 5.53. The topological polar surface area (TPSA) is 61.8 Å². The maximum Gasteiger partial charge on any atom is 0.333 e. The van der Waals surface area contributed by atoms with Crippen LogP contribution in [0.4, 0.5) is 0 Å². The van der Waals surface area contributed by atoms with E-state index in [1.807, 2.05) is 0 Å². The Morgan fingerprint density at radius 1 is 1.35 bits per heavy atom. The summed E-state index contributed by atoms with van der Waals surface area (Å²) in [5.41, 5.74) is -0.218. The SMILES string of the molecule is C#CCn1c(=O)c2c(nc(Br)n2C)n(C)c1=O. The predicted octanol–water partition coefficient (Wildman–Crippen LogP) is -0.171. The predicted molar refractivity (Wildman–Crippen MR) is 66.7 cm³/mol. The lowest BCUT2D eigenvalue weighted by Gasteiger charge is -2.05. The van der Waals surface area contributed by atoms with Gasteiger partial charge in [0.05, 0.1) is 6.54 Å².